The third kappa shape index (κ3) is 10.9. The molecule has 3 nitrogen and oxygen atoms in total. The van der Waals surface area contributed by atoms with Gasteiger partial charge in [0.1, 0.15) is 0 Å². The van der Waals surface area contributed by atoms with E-state index >= 15 is 0 Å². The molecule has 0 atom stereocenters. The van der Waals surface area contributed by atoms with Gasteiger partial charge in [0, 0.05) is 0 Å². The molecule has 0 saturated carbocycles. The molecule has 4 heteroatoms. The van der Waals surface area contributed by atoms with E-state index in [1.807, 2.05) is 0 Å². The van der Waals surface area contributed by atoms with Crippen LogP contribution in [-0.2, 0) is 0 Å². The van der Waals surface area contributed by atoms with Crippen LogP contribution in [0.5, 0.6) is 0 Å². The van der Waals surface area contributed by atoms with Crippen molar-refractivity contribution in [2.45, 2.75) is 0 Å². The molecule has 3 N–H and O–H groups in total. The summed E-state index contributed by atoms with van der Waals surface area (Å²) in [6, 6.07) is 0. The maximum absolute atomic E-state index is 0. The van der Waals surface area contributed by atoms with E-state index in [0.717, 1.165) is 0 Å². The third-order valence-electron chi connectivity index (χ3n) is 0. The fraction of sp³-hybridized carbons (Fsp3) is 0. The average Bonchev–Trinajstić information content (AvgIpc) is 0. The van der Waals surface area contributed by atoms with Crippen LogP contribution < -0.4 is 0 Å². The van der Waals surface area contributed by atoms with Crippen molar-refractivity contribution in [2.24, 2.45) is 0 Å². The first-order valence-electron chi connectivity index (χ1n) is 0. The fourth-order valence-electron chi connectivity index (χ4n) is 0. The molecule has 0 aliphatic heterocycles. The molecule has 0 aromatic carbocycles. The normalized spacial score (nSPS) is 0. The molecule has 0 amide bonds. The van der Waals surface area contributed by atoms with Crippen LogP contribution in [0.4, 0.5) is 0 Å². The van der Waals surface area contributed by atoms with Gasteiger partial charge in [0.25, 0.3) is 0 Å². The van der Waals surface area contributed by atoms with Crippen molar-refractivity contribution >= 4 is 0 Å². The monoisotopic (exact) mass is 210 g/mol. The van der Waals surface area contributed by atoms with Crippen molar-refractivity contribution in [3.8, 4) is 0 Å². The summed E-state index contributed by atoms with van der Waals surface area (Å²) in [5.41, 5.74) is 0. The van der Waals surface area contributed by atoms with Crippen LogP contribution in [0.25, 0.3) is 0 Å². The zero-order valence-corrected chi connectivity index (χ0v) is 3.81. The molecule has 0 aromatic heterocycles. The Morgan fingerprint density at radius 2 is 0.500 bits per heavy atom. The van der Waals surface area contributed by atoms with Crippen LogP contribution in [-0.4, -0.2) is 16.4 Å². The largest absolute Gasteiger partial charge is 3.00 e. The SMILES string of the molecule is [OH-].[OH-].[OH-].[Tb+3]. The second-order valence-electron chi connectivity index (χ2n) is 0. The van der Waals surface area contributed by atoms with E-state index in [-0.39, 0.29) is 55.0 Å². The second kappa shape index (κ2) is 30.7. The van der Waals surface area contributed by atoms with Crippen LogP contribution in [0.3, 0.4) is 0 Å². The van der Waals surface area contributed by atoms with Crippen molar-refractivity contribution in [3.63, 3.8) is 0 Å². The minimum atomic E-state index is 0. The van der Waals surface area contributed by atoms with E-state index < -0.39 is 0 Å². The smallest absolute Gasteiger partial charge is 0.870 e. The van der Waals surface area contributed by atoms with E-state index in [0.29, 0.717) is 0 Å². The van der Waals surface area contributed by atoms with E-state index in [1.165, 1.54) is 0 Å². The van der Waals surface area contributed by atoms with Crippen LogP contribution in [0.15, 0.2) is 0 Å². The summed E-state index contributed by atoms with van der Waals surface area (Å²) in [7, 11) is 0. The van der Waals surface area contributed by atoms with E-state index in [9.17, 15) is 0 Å². The Bertz CT molecular complexity index is 3.25. The Morgan fingerprint density at radius 3 is 0.500 bits per heavy atom. The van der Waals surface area contributed by atoms with E-state index in [2.05, 4.69) is 0 Å². The minimum Gasteiger partial charge on any atom is -0.870 e. The van der Waals surface area contributed by atoms with Crippen LogP contribution >= 0.6 is 0 Å². The van der Waals surface area contributed by atoms with Gasteiger partial charge in [0.15, 0.2) is 0 Å². The first-order valence-corrected chi connectivity index (χ1v) is 0. The number of rotatable bonds is 0. The molecular weight excluding hydrogens is 207 g/mol. The molecule has 0 aromatic rings. The summed E-state index contributed by atoms with van der Waals surface area (Å²) in [4.78, 5) is 0. The van der Waals surface area contributed by atoms with Gasteiger partial charge < -0.3 is 16.4 Å². The average molecular weight is 210 g/mol. The molecule has 0 unspecified atom stereocenters. The van der Waals surface area contributed by atoms with Crippen molar-refractivity contribution in [1.29, 1.82) is 0 Å². The molecular formula is H3O3Tb. The summed E-state index contributed by atoms with van der Waals surface area (Å²) < 4.78 is 0. The Morgan fingerprint density at radius 1 is 0.500 bits per heavy atom. The van der Waals surface area contributed by atoms with Gasteiger partial charge in [0.05, 0.1) is 0 Å². The van der Waals surface area contributed by atoms with Gasteiger partial charge in [-0.25, -0.2) is 0 Å². The molecule has 30 valence electrons. The van der Waals surface area contributed by atoms with Crippen LogP contribution in [0.2, 0.25) is 0 Å². The third-order valence-corrected chi connectivity index (χ3v) is 0. The topological polar surface area (TPSA) is 90.0 Å². The van der Waals surface area contributed by atoms with Crippen molar-refractivity contribution < 1.29 is 55.0 Å². The zero-order chi connectivity index (χ0) is 0. The minimum absolute atomic E-state index is 0. The van der Waals surface area contributed by atoms with Gasteiger partial charge in [-0.2, -0.15) is 0 Å². The molecule has 0 heterocycles. The standard InChI is InChI=1S/3H2O.Tb/h3*1H2;/q;;;+3/p-3. The number of hydrogen-bond acceptors (Lipinski definition) is 3. The van der Waals surface area contributed by atoms with Crippen molar-refractivity contribution in [2.75, 3.05) is 0 Å². The second-order valence-corrected chi connectivity index (χ2v) is 0. The summed E-state index contributed by atoms with van der Waals surface area (Å²) in [5.74, 6) is 0. The number of hydrogen-bond donors (Lipinski definition) is 0. The quantitative estimate of drug-likeness (QED) is 0.537. The first kappa shape index (κ1) is 66.0. The molecule has 0 fully saturated rings. The Hall–Kier alpha value is 1.17. The Balaban J connectivity index is 0. The van der Waals surface area contributed by atoms with Gasteiger partial charge in [-0.05, 0) is 0 Å². The maximum atomic E-state index is 0. The molecule has 0 aliphatic rings. The Kier molecular flexibility index (Phi) is 507. The fourth-order valence-corrected chi connectivity index (χ4v) is 0. The zero-order valence-electron chi connectivity index (χ0n) is 1.67. The summed E-state index contributed by atoms with van der Waals surface area (Å²) >= 11 is 0. The van der Waals surface area contributed by atoms with E-state index in [4.69, 9.17) is 0 Å². The van der Waals surface area contributed by atoms with Gasteiger partial charge in [-0.3, -0.25) is 0 Å². The molecule has 4 heavy (non-hydrogen) atoms. The van der Waals surface area contributed by atoms with E-state index in [1.54, 1.807) is 0 Å². The first-order chi connectivity index (χ1) is 0. The van der Waals surface area contributed by atoms with Gasteiger partial charge >= 0.3 is 38.6 Å². The van der Waals surface area contributed by atoms with Crippen LogP contribution in [0, 0.1) is 38.6 Å². The molecule has 0 radical (unpaired) electrons. The molecule has 0 bridgehead atoms. The summed E-state index contributed by atoms with van der Waals surface area (Å²) in [6.45, 7) is 0. The van der Waals surface area contributed by atoms with Gasteiger partial charge in [0.2, 0.25) is 0 Å². The van der Waals surface area contributed by atoms with Gasteiger partial charge in [-0.15, -0.1) is 0 Å². The maximum Gasteiger partial charge on any atom is 3.00 e. The molecule has 0 rings (SSSR count). The summed E-state index contributed by atoms with van der Waals surface area (Å²) in [5, 5.41) is 0. The van der Waals surface area contributed by atoms with Crippen LogP contribution in [0.1, 0.15) is 0 Å². The predicted molar refractivity (Wildman–Crippen MR) is 5.81 cm³/mol. The molecule has 0 spiro atoms. The Labute approximate surface area is 54.7 Å². The molecule has 0 saturated heterocycles. The van der Waals surface area contributed by atoms with Crippen molar-refractivity contribution in [1.82, 2.24) is 0 Å². The predicted octanol–water partition coefficient (Wildman–Crippen LogP) is -0.530. The van der Waals surface area contributed by atoms with Crippen molar-refractivity contribution in [3.05, 3.63) is 0 Å². The molecule has 0 aliphatic carbocycles. The van der Waals surface area contributed by atoms with Gasteiger partial charge in [-0.1, -0.05) is 0 Å². The summed E-state index contributed by atoms with van der Waals surface area (Å²) in [6.07, 6.45) is 0.